The molecule has 5 heteroatoms. The third-order valence-corrected chi connectivity index (χ3v) is 2.33. The molecule has 2 aromatic heterocycles. The first kappa shape index (κ1) is 11.3. The maximum atomic E-state index is 11.5. The Labute approximate surface area is 98.8 Å². The zero-order valence-corrected chi connectivity index (χ0v) is 9.73. The third-order valence-electron chi connectivity index (χ3n) is 2.33. The molecule has 0 fully saturated rings. The summed E-state index contributed by atoms with van der Waals surface area (Å²) in [5.74, 6) is -0.403. The molecule has 0 saturated carbocycles. The van der Waals surface area contributed by atoms with Crippen molar-refractivity contribution >= 4 is 5.97 Å². The van der Waals surface area contributed by atoms with Gasteiger partial charge in [0.2, 0.25) is 0 Å². The van der Waals surface area contributed by atoms with Gasteiger partial charge < -0.3 is 4.74 Å². The molecule has 2 aromatic rings. The SMILES string of the molecule is CCOC(=O)c1cc(-c2ncccc2C)n[nH]1. The summed E-state index contributed by atoms with van der Waals surface area (Å²) in [6.45, 7) is 4.05. The molecule has 0 amide bonds. The van der Waals surface area contributed by atoms with E-state index in [1.54, 1.807) is 19.2 Å². The number of nitrogens with zero attached hydrogens (tertiary/aromatic N) is 2. The Morgan fingerprint density at radius 2 is 2.35 bits per heavy atom. The van der Waals surface area contributed by atoms with Crippen molar-refractivity contribution < 1.29 is 9.53 Å². The molecule has 2 heterocycles. The summed E-state index contributed by atoms with van der Waals surface area (Å²) < 4.78 is 4.88. The first-order valence-electron chi connectivity index (χ1n) is 5.37. The minimum atomic E-state index is -0.403. The Morgan fingerprint density at radius 3 is 3.06 bits per heavy atom. The Hall–Kier alpha value is -2.17. The van der Waals surface area contributed by atoms with Crippen molar-refractivity contribution in [1.29, 1.82) is 0 Å². The minimum absolute atomic E-state index is 0.340. The minimum Gasteiger partial charge on any atom is -0.461 e. The van der Waals surface area contributed by atoms with Gasteiger partial charge in [-0.25, -0.2) is 4.79 Å². The Bertz CT molecular complexity index is 534. The highest BCUT2D eigenvalue weighted by molar-refractivity contribution is 5.88. The molecule has 0 aliphatic carbocycles. The van der Waals surface area contributed by atoms with E-state index in [-0.39, 0.29) is 0 Å². The fraction of sp³-hybridized carbons (Fsp3) is 0.250. The molecule has 0 aromatic carbocycles. The molecule has 0 radical (unpaired) electrons. The van der Waals surface area contributed by atoms with Crippen molar-refractivity contribution in [3.63, 3.8) is 0 Å². The Morgan fingerprint density at radius 1 is 1.53 bits per heavy atom. The van der Waals surface area contributed by atoms with Crippen LogP contribution in [0.3, 0.4) is 0 Å². The topological polar surface area (TPSA) is 67.9 Å². The molecule has 2 rings (SSSR count). The predicted octanol–water partition coefficient (Wildman–Crippen LogP) is 1.96. The van der Waals surface area contributed by atoms with Crippen molar-refractivity contribution in [2.45, 2.75) is 13.8 Å². The van der Waals surface area contributed by atoms with Crippen molar-refractivity contribution in [2.24, 2.45) is 0 Å². The molecule has 0 aliphatic heterocycles. The second-order valence-electron chi connectivity index (χ2n) is 3.56. The van der Waals surface area contributed by atoms with Gasteiger partial charge in [0.25, 0.3) is 0 Å². The van der Waals surface area contributed by atoms with Gasteiger partial charge in [0, 0.05) is 12.3 Å². The molecule has 0 aliphatic rings. The second-order valence-corrected chi connectivity index (χ2v) is 3.56. The smallest absolute Gasteiger partial charge is 0.356 e. The second kappa shape index (κ2) is 4.78. The van der Waals surface area contributed by atoms with Gasteiger partial charge >= 0.3 is 5.97 Å². The number of H-pyrrole nitrogens is 1. The molecule has 5 nitrogen and oxygen atoms in total. The van der Waals surface area contributed by atoms with Crippen LogP contribution in [0.5, 0.6) is 0 Å². The largest absolute Gasteiger partial charge is 0.461 e. The first-order valence-corrected chi connectivity index (χ1v) is 5.37. The van der Waals surface area contributed by atoms with Gasteiger partial charge in [-0.1, -0.05) is 6.07 Å². The average molecular weight is 231 g/mol. The fourth-order valence-electron chi connectivity index (χ4n) is 1.51. The van der Waals surface area contributed by atoms with Gasteiger partial charge in [-0.05, 0) is 25.5 Å². The number of esters is 1. The lowest BCUT2D eigenvalue weighted by Gasteiger charge is -1.98. The number of aryl methyl sites for hydroxylation is 1. The van der Waals surface area contributed by atoms with E-state index >= 15 is 0 Å². The lowest BCUT2D eigenvalue weighted by molar-refractivity contribution is 0.0519. The summed E-state index contributed by atoms with van der Waals surface area (Å²) in [5.41, 5.74) is 2.76. The molecular formula is C12H13N3O2. The normalized spacial score (nSPS) is 10.2. The Balaban J connectivity index is 2.30. The number of ether oxygens (including phenoxy) is 1. The number of hydrogen-bond donors (Lipinski definition) is 1. The van der Waals surface area contributed by atoms with Gasteiger partial charge in [-0.15, -0.1) is 0 Å². The number of aromatic amines is 1. The monoisotopic (exact) mass is 231 g/mol. The molecule has 0 atom stereocenters. The van der Waals surface area contributed by atoms with Crippen LogP contribution in [0.4, 0.5) is 0 Å². The zero-order valence-electron chi connectivity index (χ0n) is 9.73. The highest BCUT2D eigenvalue weighted by Gasteiger charge is 2.13. The van der Waals surface area contributed by atoms with Gasteiger partial charge in [0.05, 0.1) is 12.3 Å². The molecule has 17 heavy (non-hydrogen) atoms. The van der Waals surface area contributed by atoms with E-state index < -0.39 is 5.97 Å². The molecule has 88 valence electrons. The number of rotatable bonds is 3. The Kier molecular flexibility index (Phi) is 3.18. The average Bonchev–Trinajstić information content (AvgIpc) is 2.79. The van der Waals surface area contributed by atoms with Crippen LogP contribution in [0.25, 0.3) is 11.4 Å². The van der Waals surface area contributed by atoms with Crippen LogP contribution in [0, 0.1) is 6.92 Å². The van der Waals surface area contributed by atoms with E-state index in [9.17, 15) is 4.79 Å². The summed E-state index contributed by atoms with van der Waals surface area (Å²) in [7, 11) is 0. The highest BCUT2D eigenvalue weighted by atomic mass is 16.5. The van der Waals surface area contributed by atoms with Crippen LogP contribution < -0.4 is 0 Å². The first-order chi connectivity index (χ1) is 8.22. The number of aromatic nitrogens is 3. The lowest BCUT2D eigenvalue weighted by Crippen LogP contribution is -2.04. The molecule has 0 bridgehead atoms. The van der Waals surface area contributed by atoms with E-state index in [4.69, 9.17) is 4.74 Å². The van der Waals surface area contributed by atoms with Crippen LogP contribution in [0.1, 0.15) is 23.0 Å². The number of pyridine rings is 1. The maximum absolute atomic E-state index is 11.5. The summed E-state index contributed by atoms with van der Waals surface area (Å²) in [6.07, 6.45) is 1.70. The summed E-state index contributed by atoms with van der Waals surface area (Å²) in [5, 5.41) is 6.71. The number of carbonyl (C=O) groups excluding carboxylic acids is 1. The fourth-order valence-corrected chi connectivity index (χ4v) is 1.51. The van der Waals surface area contributed by atoms with Gasteiger partial charge in [-0.3, -0.25) is 10.1 Å². The predicted molar refractivity (Wildman–Crippen MR) is 62.5 cm³/mol. The van der Waals surface area contributed by atoms with E-state index in [0.717, 1.165) is 11.3 Å². The van der Waals surface area contributed by atoms with Crippen molar-refractivity contribution in [3.8, 4) is 11.4 Å². The van der Waals surface area contributed by atoms with Gasteiger partial charge in [0.15, 0.2) is 0 Å². The standard InChI is InChI=1S/C12H13N3O2/c1-3-17-12(16)10-7-9(14-15-10)11-8(2)5-4-6-13-11/h4-7H,3H2,1-2H3,(H,14,15). The van der Waals surface area contributed by atoms with Gasteiger partial charge in [0.1, 0.15) is 11.4 Å². The van der Waals surface area contributed by atoms with Crippen molar-refractivity contribution in [3.05, 3.63) is 35.7 Å². The van der Waals surface area contributed by atoms with Crippen LogP contribution in [0.15, 0.2) is 24.4 Å². The van der Waals surface area contributed by atoms with Crippen LogP contribution in [-0.4, -0.2) is 27.8 Å². The summed E-state index contributed by atoms with van der Waals surface area (Å²) >= 11 is 0. The number of nitrogens with one attached hydrogen (secondary N) is 1. The van der Waals surface area contributed by atoms with Crippen LogP contribution in [-0.2, 0) is 4.74 Å². The van der Waals surface area contributed by atoms with Crippen molar-refractivity contribution in [2.75, 3.05) is 6.61 Å². The van der Waals surface area contributed by atoms with Gasteiger partial charge in [-0.2, -0.15) is 5.10 Å². The lowest BCUT2D eigenvalue weighted by atomic mass is 10.1. The zero-order chi connectivity index (χ0) is 12.3. The summed E-state index contributed by atoms with van der Waals surface area (Å²) in [4.78, 5) is 15.7. The van der Waals surface area contributed by atoms with E-state index in [1.807, 2.05) is 19.1 Å². The quantitative estimate of drug-likeness (QED) is 0.820. The third kappa shape index (κ3) is 2.33. The van der Waals surface area contributed by atoms with E-state index in [2.05, 4.69) is 15.2 Å². The van der Waals surface area contributed by atoms with Crippen LogP contribution in [0.2, 0.25) is 0 Å². The van der Waals surface area contributed by atoms with E-state index in [1.165, 1.54) is 0 Å². The molecule has 0 unspecified atom stereocenters. The number of carbonyl (C=O) groups is 1. The van der Waals surface area contributed by atoms with Crippen LogP contribution >= 0.6 is 0 Å². The van der Waals surface area contributed by atoms with E-state index in [0.29, 0.717) is 18.0 Å². The molecular weight excluding hydrogens is 218 g/mol. The molecule has 1 N–H and O–H groups in total. The molecule has 0 spiro atoms. The molecule has 0 saturated heterocycles. The highest BCUT2D eigenvalue weighted by Crippen LogP contribution is 2.18. The van der Waals surface area contributed by atoms with Crippen molar-refractivity contribution in [1.82, 2.24) is 15.2 Å². The maximum Gasteiger partial charge on any atom is 0.356 e. The summed E-state index contributed by atoms with van der Waals surface area (Å²) in [6, 6.07) is 5.45. The number of hydrogen-bond acceptors (Lipinski definition) is 4.